The number of anilines is 1. The predicted molar refractivity (Wildman–Crippen MR) is 69.1 cm³/mol. The first-order valence-electron chi connectivity index (χ1n) is 5.94. The molecule has 1 unspecified atom stereocenters. The van der Waals surface area contributed by atoms with Gasteiger partial charge in [0.05, 0.1) is 10.8 Å². The van der Waals surface area contributed by atoms with Gasteiger partial charge in [-0.1, -0.05) is 13.3 Å². The van der Waals surface area contributed by atoms with Crippen LogP contribution in [-0.4, -0.2) is 17.4 Å². The molecule has 6 nitrogen and oxygen atoms in total. The Balaban J connectivity index is 2.85. The summed E-state index contributed by atoms with van der Waals surface area (Å²) in [7, 11) is 0. The number of nitrogens with two attached hydrogens (primary N) is 1. The minimum Gasteiger partial charge on any atom is -0.330 e. The molecule has 1 amide bonds. The number of nitro benzene ring substituents is 1. The van der Waals surface area contributed by atoms with E-state index in [0.29, 0.717) is 6.42 Å². The van der Waals surface area contributed by atoms with Crippen LogP contribution in [0.25, 0.3) is 0 Å². The summed E-state index contributed by atoms with van der Waals surface area (Å²) < 4.78 is 13.1. The van der Waals surface area contributed by atoms with E-state index in [2.05, 4.69) is 5.32 Å². The molecule has 0 aliphatic rings. The Morgan fingerprint density at radius 1 is 1.58 bits per heavy atom. The first-order valence-corrected chi connectivity index (χ1v) is 5.94. The number of nitrogens with one attached hydrogen (secondary N) is 1. The zero-order chi connectivity index (χ0) is 14.4. The average Bonchev–Trinajstić information content (AvgIpc) is 2.37. The molecule has 0 bridgehead atoms. The van der Waals surface area contributed by atoms with E-state index in [1.165, 1.54) is 6.07 Å². The Kier molecular flexibility index (Phi) is 5.37. The van der Waals surface area contributed by atoms with Crippen molar-refractivity contribution < 1.29 is 14.1 Å². The third-order valence-corrected chi connectivity index (χ3v) is 2.70. The van der Waals surface area contributed by atoms with E-state index >= 15 is 0 Å². The van der Waals surface area contributed by atoms with Crippen LogP contribution in [0.15, 0.2) is 18.2 Å². The van der Waals surface area contributed by atoms with Crippen molar-refractivity contribution in [1.29, 1.82) is 0 Å². The third kappa shape index (κ3) is 3.99. The molecular formula is C12H16FN3O3. The van der Waals surface area contributed by atoms with Crippen molar-refractivity contribution in [2.45, 2.75) is 19.8 Å². The number of nitro groups is 1. The molecule has 0 aliphatic carbocycles. The van der Waals surface area contributed by atoms with Crippen LogP contribution in [0.3, 0.4) is 0 Å². The molecule has 0 aliphatic heterocycles. The zero-order valence-electron chi connectivity index (χ0n) is 10.6. The van der Waals surface area contributed by atoms with E-state index < -0.39 is 16.4 Å². The molecule has 0 radical (unpaired) electrons. The number of hydrogen-bond acceptors (Lipinski definition) is 4. The molecule has 0 saturated heterocycles. The normalized spacial score (nSPS) is 11.9. The molecule has 7 heteroatoms. The monoisotopic (exact) mass is 269 g/mol. The third-order valence-electron chi connectivity index (χ3n) is 2.70. The molecule has 0 heterocycles. The van der Waals surface area contributed by atoms with Crippen molar-refractivity contribution >= 4 is 17.3 Å². The first kappa shape index (κ1) is 15.0. The van der Waals surface area contributed by atoms with Gasteiger partial charge >= 0.3 is 5.69 Å². The number of halogens is 1. The van der Waals surface area contributed by atoms with Gasteiger partial charge in [0, 0.05) is 18.3 Å². The van der Waals surface area contributed by atoms with Gasteiger partial charge < -0.3 is 11.1 Å². The number of carbonyl (C=O) groups is 1. The molecule has 0 saturated carbocycles. The maximum Gasteiger partial charge on any atom is 0.306 e. The van der Waals surface area contributed by atoms with Crippen molar-refractivity contribution in [3.63, 3.8) is 0 Å². The Morgan fingerprint density at radius 3 is 2.79 bits per heavy atom. The minimum absolute atomic E-state index is 0.188. The van der Waals surface area contributed by atoms with Gasteiger partial charge in [0.1, 0.15) is 0 Å². The summed E-state index contributed by atoms with van der Waals surface area (Å²) >= 11 is 0. The SMILES string of the molecule is CCCC(CN)C(=O)Nc1ccc(F)c([N+](=O)[O-])c1. The second kappa shape index (κ2) is 6.79. The van der Waals surface area contributed by atoms with E-state index in [0.717, 1.165) is 18.6 Å². The fraction of sp³-hybridized carbons (Fsp3) is 0.417. The van der Waals surface area contributed by atoms with Crippen molar-refractivity contribution in [3.05, 3.63) is 34.1 Å². The zero-order valence-corrected chi connectivity index (χ0v) is 10.6. The summed E-state index contributed by atoms with van der Waals surface area (Å²) in [5, 5.41) is 13.1. The number of hydrogen-bond donors (Lipinski definition) is 2. The highest BCUT2D eigenvalue weighted by Crippen LogP contribution is 2.22. The second-order valence-corrected chi connectivity index (χ2v) is 4.13. The average molecular weight is 269 g/mol. The largest absolute Gasteiger partial charge is 0.330 e. The summed E-state index contributed by atoms with van der Waals surface area (Å²) in [4.78, 5) is 21.6. The van der Waals surface area contributed by atoms with Gasteiger partial charge in [-0.15, -0.1) is 0 Å². The van der Waals surface area contributed by atoms with Gasteiger partial charge in [-0.2, -0.15) is 4.39 Å². The molecule has 0 fully saturated rings. The van der Waals surface area contributed by atoms with Crippen LogP contribution < -0.4 is 11.1 Å². The molecule has 1 aromatic carbocycles. The van der Waals surface area contributed by atoms with Crippen molar-refractivity contribution in [2.24, 2.45) is 11.7 Å². The van der Waals surface area contributed by atoms with Gasteiger partial charge in [-0.25, -0.2) is 0 Å². The van der Waals surface area contributed by atoms with Crippen LogP contribution in [-0.2, 0) is 4.79 Å². The fourth-order valence-electron chi connectivity index (χ4n) is 1.68. The lowest BCUT2D eigenvalue weighted by Gasteiger charge is -2.13. The van der Waals surface area contributed by atoms with Gasteiger partial charge in [0.15, 0.2) is 0 Å². The van der Waals surface area contributed by atoms with Crippen LogP contribution in [0.2, 0.25) is 0 Å². The van der Waals surface area contributed by atoms with Crippen molar-refractivity contribution in [2.75, 3.05) is 11.9 Å². The first-order chi connectivity index (χ1) is 8.99. The van der Waals surface area contributed by atoms with Crippen LogP contribution >= 0.6 is 0 Å². The maximum atomic E-state index is 13.1. The van der Waals surface area contributed by atoms with Gasteiger partial charge in [-0.3, -0.25) is 14.9 Å². The van der Waals surface area contributed by atoms with Gasteiger partial charge in [-0.05, 0) is 18.6 Å². The Labute approximate surface area is 109 Å². The highest BCUT2D eigenvalue weighted by atomic mass is 19.1. The summed E-state index contributed by atoms with van der Waals surface area (Å²) in [6.07, 6.45) is 1.43. The standard InChI is InChI=1S/C12H16FN3O3/c1-2-3-8(7-14)12(17)15-9-4-5-10(13)11(6-9)16(18)19/h4-6,8H,2-3,7,14H2,1H3,(H,15,17). The summed E-state index contributed by atoms with van der Waals surface area (Å²) in [5.74, 6) is -1.61. The summed E-state index contributed by atoms with van der Waals surface area (Å²) in [5.41, 5.74) is 5.01. The number of carbonyl (C=O) groups excluding carboxylic acids is 1. The number of nitrogens with zero attached hydrogens (tertiary/aromatic N) is 1. The van der Waals surface area contributed by atoms with E-state index in [1.54, 1.807) is 0 Å². The lowest BCUT2D eigenvalue weighted by atomic mass is 10.0. The molecular weight excluding hydrogens is 253 g/mol. The fourth-order valence-corrected chi connectivity index (χ4v) is 1.68. The molecule has 0 aromatic heterocycles. The number of rotatable bonds is 6. The Morgan fingerprint density at radius 2 is 2.26 bits per heavy atom. The molecule has 1 atom stereocenters. The van der Waals surface area contributed by atoms with Crippen molar-refractivity contribution in [3.8, 4) is 0 Å². The van der Waals surface area contributed by atoms with E-state index in [9.17, 15) is 19.3 Å². The lowest BCUT2D eigenvalue weighted by molar-refractivity contribution is -0.387. The molecule has 0 spiro atoms. The topological polar surface area (TPSA) is 98.3 Å². The van der Waals surface area contributed by atoms with Crippen LogP contribution in [0.5, 0.6) is 0 Å². The minimum atomic E-state index is -0.938. The highest BCUT2D eigenvalue weighted by Gasteiger charge is 2.18. The lowest BCUT2D eigenvalue weighted by Crippen LogP contribution is -2.29. The highest BCUT2D eigenvalue weighted by molar-refractivity contribution is 5.93. The number of amides is 1. The van der Waals surface area contributed by atoms with Gasteiger partial charge in [0.25, 0.3) is 0 Å². The van der Waals surface area contributed by atoms with Crippen LogP contribution in [0.4, 0.5) is 15.8 Å². The molecule has 1 aromatic rings. The molecule has 19 heavy (non-hydrogen) atoms. The number of benzene rings is 1. The predicted octanol–water partition coefficient (Wildman–Crippen LogP) is 2.05. The maximum absolute atomic E-state index is 13.1. The van der Waals surface area contributed by atoms with E-state index in [1.807, 2.05) is 6.92 Å². The molecule has 3 N–H and O–H groups in total. The Bertz CT molecular complexity index is 479. The summed E-state index contributed by atoms with van der Waals surface area (Å²) in [6.45, 7) is 2.13. The molecule has 104 valence electrons. The Hall–Kier alpha value is -2.02. The summed E-state index contributed by atoms with van der Waals surface area (Å²) in [6, 6.07) is 3.22. The van der Waals surface area contributed by atoms with Crippen molar-refractivity contribution in [1.82, 2.24) is 0 Å². The second-order valence-electron chi connectivity index (χ2n) is 4.13. The van der Waals surface area contributed by atoms with E-state index in [-0.39, 0.29) is 24.1 Å². The van der Waals surface area contributed by atoms with Crippen LogP contribution in [0.1, 0.15) is 19.8 Å². The quantitative estimate of drug-likeness (QED) is 0.610. The smallest absolute Gasteiger partial charge is 0.306 e. The van der Waals surface area contributed by atoms with Crippen LogP contribution in [0, 0.1) is 21.8 Å². The van der Waals surface area contributed by atoms with E-state index in [4.69, 9.17) is 5.73 Å². The van der Waals surface area contributed by atoms with Gasteiger partial charge in [0.2, 0.25) is 11.7 Å². The molecule has 1 rings (SSSR count).